The number of benzene rings is 3. The van der Waals surface area contributed by atoms with Crippen molar-refractivity contribution >= 4 is 0 Å². The van der Waals surface area contributed by atoms with E-state index in [0.29, 0.717) is 6.61 Å². The van der Waals surface area contributed by atoms with Crippen molar-refractivity contribution in [2.45, 2.75) is 20.5 Å². The first-order chi connectivity index (χ1) is 13.7. The lowest BCUT2D eigenvalue weighted by Crippen LogP contribution is -1.96. The highest BCUT2D eigenvalue weighted by Gasteiger charge is 2.13. The number of nitrogens with zero attached hydrogens (tertiary/aromatic N) is 1. The third-order valence-corrected chi connectivity index (χ3v) is 4.96. The first kappa shape index (κ1) is 18.0. The summed E-state index contributed by atoms with van der Waals surface area (Å²) in [5.74, 6) is 0.776. The second-order valence-electron chi connectivity index (χ2n) is 7.00. The van der Waals surface area contributed by atoms with Crippen molar-refractivity contribution in [1.82, 2.24) is 4.98 Å². The maximum absolute atomic E-state index is 5.99. The minimum absolute atomic E-state index is 0.532. The van der Waals surface area contributed by atoms with Crippen LogP contribution in [-0.2, 0) is 6.61 Å². The summed E-state index contributed by atoms with van der Waals surface area (Å²) in [6.45, 7) is 4.85. The van der Waals surface area contributed by atoms with Crippen LogP contribution in [0.5, 0.6) is 5.75 Å². The van der Waals surface area contributed by atoms with Crippen LogP contribution in [0.4, 0.5) is 0 Å². The van der Waals surface area contributed by atoms with Crippen LogP contribution in [0, 0.1) is 13.8 Å². The van der Waals surface area contributed by atoms with Gasteiger partial charge in [0.05, 0.1) is 6.20 Å². The molecule has 0 N–H and O–H groups in total. The van der Waals surface area contributed by atoms with Gasteiger partial charge in [0, 0.05) is 11.8 Å². The molecule has 28 heavy (non-hydrogen) atoms. The molecule has 0 aliphatic rings. The minimum Gasteiger partial charge on any atom is -0.487 e. The van der Waals surface area contributed by atoms with E-state index in [9.17, 15) is 0 Å². The van der Waals surface area contributed by atoms with Crippen molar-refractivity contribution in [1.29, 1.82) is 0 Å². The summed E-state index contributed by atoms with van der Waals surface area (Å²) in [7, 11) is 0. The molecule has 0 saturated heterocycles. The van der Waals surface area contributed by atoms with Gasteiger partial charge in [0.25, 0.3) is 0 Å². The lowest BCUT2D eigenvalue weighted by Gasteiger charge is -2.16. The van der Waals surface area contributed by atoms with Crippen LogP contribution in [0.1, 0.15) is 16.7 Å². The number of aryl methyl sites for hydroxylation is 2. The average molecular weight is 365 g/mol. The van der Waals surface area contributed by atoms with E-state index in [2.05, 4.69) is 79.5 Å². The molecule has 1 aromatic heterocycles. The van der Waals surface area contributed by atoms with Crippen molar-refractivity contribution in [2.75, 3.05) is 0 Å². The lowest BCUT2D eigenvalue weighted by atomic mass is 9.89. The minimum atomic E-state index is 0.532. The molecule has 0 amide bonds. The zero-order valence-corrected chi connectivity index (χ0v) is 16.2. The number of pyridine rings is 1. The number of hydrogen-bond acceptors (Lipinski definition) is 2. The number of aromatic nitrogens is 1. The van der Waals surface area contributed by atoms with Gasteiger partial charge in [-0.1, -0.05) is 72.8 Å². The van der Waals surface area contributed by atoms with E-state index in [-0.39, 0.29) is 0 Å². The molecule has 0 aliphatic carbocycles. The molecule has 3 aromatic carbocycles. The van der Waals surface area contributed by atoms with Gasteiger partial charge in [-0.15, -0.1) is 0 Å². The van der Waals surface area contributed by atoms with Crippen molar-refractivity contribution in [3.8, 4) is 28.0 Å². The fourth-order valence-corrected chi connectivity index (χ4v) is 3.51. The molecule has 138 valence electrons. The van der Waals surface area contributed by atoms with E-state index in [0.717, 1.165) is 16.9 Å². The maximum Gasteiger partial charge on any atom is 0.138 e. The summed E-state index contributed by atoms with van der Waals surface area (Å²) >= 11 is 0. The molecule has 4 aromatic rings. The zero-order chi connectivity index (χ0) is 19.3. The molecule has 0 aliphatic heterocycles. The molecule has 2 nitrogen and oxygen atoms in total. The third-order valence-electron chi connectivity index (χ3n) is 4.96. The Morgan fingerprint density at radius 1 is 0.714 bits per heavy atom. The highest BCUT2D eigenvalue weighted by molar-refractivity contribution is 5.86. The monoisotopic (exact) mass is 365 g/mol. The Balaban J connectivity index is 1.70. The Labute approximate surface area is 166 Å². The highest BCUT2D eigenvalue weighted by atomic mass is 16.5. The summed E-state index contributed by atoms with van der Waals surface area (Å²) in [5, 5.41) is 0. The summed E-state index contributed by atoms with van der Waals surface area (Å²) in [5.41, 5.74) is 8.40. The van der Waals surface area contributed by atoms with Crippen LogP contribution in [0.2, 0.25) is 0 Å². The molecule has 2 heteroatoms. The number of rotatable bonds is 5. The number of hydrogen-bond donors (Lipinski definition) is 0. The first-order valence-corrected chi connectivity index (χ1v) is 9.50. The fourth-order valence-electron chi connectivity index (χ4n) is 3.51. The van der Waals surface area contributed by atoms with Crippen LogP contribution < -0.4 is 4.74 Å². The molecule has 0 atom stereocenters. The first-order valence-electron chi connectivity index (χ1n) is 9.50. The zero-order valence-electron chi connectivity index (χ0n) is 16.2. The number of ether oxygens (including phenoxy) is 1. The van der Waals surface area contributed by atoms with Gasteiger partial charge in [0.1, 0.15) is 12.4 Å². The van der Waals surface area contributed by atoms with Gasteiger partial charge in [-0.25, -0.2) is 0 Å². The van der Waals surface area contributed by atoms with Crippen molar-refractivity contribution in [2.24, 2.45) is 0 Å². The predicted molar refractivity (Wildman–Crippen MR) is 115 cm³/mol. The van der Waals surface area contributed by atoms with Crippen LogP contribution in [0.3, 0.4) is 0 Å². The largest absolute Gasteiger partial charge is 0.487 e. The summed E-state index contributed by atoms with van der Waals surface area (Å²) < 4.78 is 5.99. The SMILES string of the molecule is Cc1ccccc1-c1c(C)cccc1-c1cncc(OCc2ccccc2)c1. The standard InChI is InChI=1S/C26H23NO/c1-19-9-6-7-13-24(19)26-20(2)10-8-14-25(26)22-15-23(17-27-16-22)28-18-21-11-4-3-5-12-21/h3-17H,18H2,1-2H3. The van der Waals surface area contributed by atoms with E-state index < -0.39 is 0 Å². The van der Waals surface area contributed by atoms with Crippen molar-refractivity contribution in [3.05, 3.63) is 108 Å². The molecule has 0 radical (unpaired) electrons. The molecule has 0 unspecified atom stereocenters. The Bertz CT molecular complexity index is 1090. The Kier molecular flexibility index (Phi) is 5.20. The second kappa shape index (κ2) is 8.10. The molecule has 0 fully saturated rings. The average Bonchev–Trinajstić information content (AvgIpc) is 2.74. The van der Waals surface area contributed by atoms with Gasteiger partial charge in [-0.3, -0.25) is 4.98 Å². The molecule has 1 heterocycles. The van der Waals surface area contributed by atoms with E-state index in [1.165, 1.54) is 27.8 Å². The predicted octanol–water partition coefficient (Wildman–Crippen LogP) is 6.61. The van der Waals surface area contributed by atoms with Crippen LogP contribution in [-0.4, -0.2) is 4.98 Å². The molecule has 4 rings (SSSR count). The summed E-state index contributed by atoms with van der Waals surface area (Å²) in [6, 6.07) is 27.2. The Hall–Kier alpha value is -3.39. The van der Waals surface area contributed by atoms with Gasteiger partial charge in [0.15, 0.2) is 0 Å². The van der Waals surface area contributed by atoms with Crippen LogP contribution in [0.15, 0.2) is 91.3 Å². The van der Waals surface area contributed by atoms with Gasteiger partial charge in [-0.2, -0.15) is 0 Å². The molecular weight excluding hydrogens is 342 g/mol. The summed E-state index contributed by atoms with van der Waals surface area (Å²) in [6.07, 6.45) is 3.68. The van der Waals surface area contributed by atoms with E-state index in [4.69, 9.17) is 4.74 Å². The molecule has 0 spiro atoms. The smallest absolute Gasteiger partial charge is 0.138 e. The van der Waals surface area contributed by atoms with Gasteiger partial charge >= 0.3 is 0 Å². The van der Waals surface area contributed by atoms with Crippen molar-refractivity contribution < 1.29 is 4.74 Å². The topological polar surface area (TPSA) is 22.1 Å². The van der Waals surface area contributed by atoms with Crippen LogP contribution >= 0.6 is 0 Å². The van der Waals surface area contributed by atoms with Gasteiger partial charge in [0.2, 0.25) is 0 Å². The van der Waals surface area contributed by atoms with Gasteiger partial charge in [-0.05, 0) is 53.3 Å². The molecule has 0 bridgehead atoms. The molecular formula is C26H23NO. The normalized spacial score (nSPS) is 10.6. The van der Waals surface area contributed by atoms with Crippen LogP contribution in [0.25, 0.3) is 22.3 Å². The van der Waals surface area contributed by atoms with E-state index in [1.54, 1.807) is 6.20 Å². The fraction of sp³-hybridized carbons (Fsp3) is 0.115. The Morgan fingerprint density at radius 3 is 2.25 bits per heavy atom. The molecule has 0 saturated carbocycles. The lowest BCUT2D eigenvalue weighted by molar-refractivity contribution is 0.305. The second-order valence-corrected chi connectivity index (χ2v) is 7.00. The quantitative estimate of drug-likeness (QED) is 0.397. The maximum atomic E-state index is 5.99. The van der Waals surface area contributed by atoms with Gasteiger partial charge < -0.3 is 4.74 Å². The van der Waals surface area contributed by atoms with E-state index >= 15 is 0 Å². The summed E-state index contributed by atoms with van der Waals surface area (Å²) in [4.78, 5) is 4.44. The Morgan fingerprint density at radius 2 is 1.43 bits per heavy atom. The van der Waals surface area contributed by atoms with Crippen molar-refractivity contribution in [3.63, 3.8) is 0 Å². The third kappa shape index (κ3) is 3.81. The van der Waals surface area contributed by atoms with E-state index in [1.807, 2.05) is 24.4 Å². The highest BCUT2D eigenvalue weighted by Crippen LogP contribution is 2.37.